The highest BCUT2D eigenvalue weighted by Gasteiger charge is 2.29. The molecule has 1 aliphatic rings. The number of benzene rings is 1. The number of hydrogen-bond acceptors (Lipinski definition) is 3. The van der Waals surface area contributed by atoms with E-state index in [4.69, 9.17) is 0 Å². The van der Waals surface area contributed by atoms with Crippen LogP contribution in [0.5, 0.6) is 0 Å². The summed E-state index contributed by atoms with van der Waals surface area (Å²) in [4.78, 5) is 17.8. The van der Waals surface area contributed by atoms with Crippen molar-refractivity contribution in [3.05, 3.63) is 36.4 Å². The molecular weight excluding hydrogens is 240 g/mol. The summed E-state index contributed by atoms with van der Waals surface area (Å²) in [6, 6.07) is 11.4. The predicted molar refractivity (Wildman–Crippen MR) is 74.4 cm³/mol. The topological polar surface area (TPSA) is 53.4 Å². The first-order valence-electron chi connectivity index (χ1n) is 6.61. The predicted octanol–water partition coefficient (Wildman–Crippen LogP) is 2.68. The van der Waals surface area contributed by atoms with Crippen LogP contribution in [0.4, 0.5) is 5.82 Å². The molecule has 4 nitrogen and oxygen atoms in total. The van der Waals surface area contributed by atoms with Crippen LogP contribution in [0.2, 0.25) is 0 Å². The van der Waals surface area contributed by atoms with Gasteiger partial charge >= 0.3 is 5.97 Å². The number of pyridine rings is 1. The van der Waals surface area contributed by atoms with Crippen molar-refractivity contribution in [1.82, 2.24) is 4.98 Å². The van der Waals surface area contributed by atoms with Gasteiger partial charge in [0.1, 0.15) is 11.9 Å². The first kappa shape index (κ1) is 12.0. The van der Waals surface area contributed by atoms with Crippen LogP contribution in [0.25, 0.3) is 10.9 Å². The molecule has 3 rings (SSSR count). The second-order valence-electron chi connectivity index (χ2n) is 4.91. The van der Waals surface area contributed by atoms with Crippen molar-refractivity contribution < 1.29 is 9.90 Å². The van der Waals surface area contributed by atoms with Crippen molar-refractivity contribution >= 4 is 22.7 Å². The third-order valence-electron chi connectivity index (χ3n) is 3.67. The Bertz CT molecular complexity index is 612. The van der Waals surface area contributed by atoms with Crippen LogP contribution in [0.1, 0.15) is 19.3 Å². The van der Waals surface area contributed by atoms with Crippen molar-refractivity contribution in [1.29, 1.82) is 0 Å². The van der Waals surface area contributed by atoms with Gasteiger partial charge in [0.05, 0.1) is 5.52 Å². The van der Waals surface area contributed by atoms with E-state index in [0.29, 0.717) is 6.42 Å². The van der Waals surface area contributed by atoms with E-state index in [0.717, 1.165) is 36.1 Å². The Kier molecular flexibility index (Phi) is 3.07. The van der Waals surface area contributed by atoms with Crippen molar-refractivity contribution in [2.45, 2.75) is 25.3 Å². The Morgan fingerprint density at radius 1 is 1.21 bits per heavy atom. The SMILES string of the molecule is O=C(O)C1CCCCN1c1ccc2ccccc2n1. The third kappa shape index (κ3) is 2.26. The number of hydrogen-bond donors (Lipinski definition) is 1. The lowest BCUT2D eigenvalue weighted by Crippen LogP contribution is -2.45. The van der Waals surface area contributed by atoms with Crippen molar-refractivity contribution in [3.8, 4) is 0 Å². The van der Waals surface area contributed by atoms with Crippen LogP contribution in [-0.4, -0.2) is 28.6 Å². The molecule has 1 saturated heterocycles. The van der Waals surface area contributed by atoms with E-state index < -0.39 is 12.0 Å². The Hall–Kier alpha value is -2.10. The molecular formula is C15H16N2O2. The van der Waals surface area contributed by atoms with E-state index in [1.807, 2.05) is 41.3 Å². The number of fused-ring (bicyclic) bond motifs is 1. The maximum absolute atomic E-state index is 11.3. The number of aliphatic carboxylic acids is 1. The molecule has 1 aromatic carbocycles. The van der Waals surface area contributed by atoms with Gasteiger partial charge in [-0.05, 0) is 37.5 Å². The molecule has 0 aliphatic carbocycles. The van der Waals surface area contributed by atoms with Crippen LogP contribution in [0, 0.1) is 0 Å². The molecule has 0 amide bonds. The second-order valence-corrected chi connectivity index (χ2v) is 4.91. The summed E-state index contributed by atoms with van der Waals surface area (Å²) in [5.74, 6) is 0.0143. The van der Waals surface area contributed by atoms with Gasteiger partial charge < -0.3 is 10.0 Å². The maximum atomic E-state index is 11.3. The van der Waals surface area contributed by atoms with Crippen LogP contribution in [0.3, 0.4) is 0 Å². The summed E-state index contributed by atoms with van der Waals surface area (Å²) < 4.78 is 0. The highest BCUT2D eigenvalue weighted by molar-refractivity contribution is 5.82. The van der Waals surface area contributed by atoms with E-state index in [9.17, 15) is 9.90 Å². The van der Waals surface area contributed by atoms with Crippen LogP contribution >= 0.6 is 0 Å². The van der Waals surface area contributed by atoms with Crippen LogP contribution in [0.15, 0.2) is 36.4 Å². The molecule has 1 N–H and O–H groups in total. The number of piperidine rings is 1. The fraction of sp³-hybridized carbons (Fsp3) is 0.333. The van der Waals surface area contributed by atoms with E-state index in [1.165, 1.54) is 0 Å². The molecule has 0 radical (unpaired) electrons. The lowest BCUT2D eigenvalue weighted by molar-refractivity contribution is -0.139. The summed E-state index contributed by atoms with van der Waals surface area (Å²) in [5.41, 5.74) is 0.912. The van der Waals surface area contributed by atoms with Gasteiger partial charge in [0.15, 0.2) is 0 Å². The molecule has 0 bridgehead atoms. The summed E-state index contributed by atoms with van der Waals surface area (Å²) in [7, 11) is 0. The average Bonchev–Trinajstić information content (AvgIpc) is 2.46. The Labute approximate surface area is 111 Å². The number of carboxylic acid groups (broad SMARTS) is 1. The summed E-state index contributed by atoms with van der Waals surface area (Å²) >= 11 is 0. The van der Waals surface area contributed by atoms with Crippen LogP contribution < -0.4 is 4.90 Å². The van der Waals surface area contributed by atoms with Crippen molar-refractivity contribution in [2.75, 3.05) is 11.4 Å². The van der Waals surface area contributed by atoms with E-state index in [2.05, 4.69) is 4.98 Å². The van der Waals surface area contributed by atoms with Gasteiger partial charge in [0.2, 0.25) is 0 Å². The van der Waals surface area contributed by atoms with E-state index in [1.54, 1.807) is 0 Å². The first-order valence-corrected chi connectivity index (χ1v) is 6.61. The van der Waals surface area contributed by atoms with Gasteiger partial charge in [-0.3, -0.25) is 0 Å². The maximum Gasteiger partial charge on any atom is 0.326 e. The quantitative estimate of drug-likeness (QED) is 0.897. The first-order chi connectivity index (χ1) is 9.25. The van der Waals surface area contributed by atoms with Crippen molar-refractivity contribution in [3.63, 3.8) is 0 Å². The van der Waals surface area contributed by atoms with Gasteiger partial charge in [-0.1, -0.05) is 18.2 Å². The average molecular weight is 256 g/mol. The lowest BCUT2D eigenvalue weighted by Gasteiger charge is -2.33. The molecule has 19 heavy (non-hydrogen) atoms. The molecule has 1 aromatic heterocycles. The van der Waals surface area contributed by atoms with E-state index >= 15 is 0 Å². The highest BCUT2D eigenvalue weighted by atomic mass is 16.4. The standard InChI is InChI=1S/C15H16N2O2/c18-15(19)13-7-3-4-10-17(13)14-9-8-11-5-1-2-6-12(11)16-14/h1-2,5-6,8-9,13H,3-4,7,10H2,(H,18,19). The molecule has 1 aliphatic heterocycles. The molecule has 1 atom stereocenters. The zero-order chi connectivity index (χ0) is 13.2. The second kappa shape index (κ2) is 4.88. The largest absolute Gasteiger partial charge is 0.480 e. The van der Waals surface area contributed by atoms with Gasteiger partial charge in [-0.15, -0.1) is 0 Å². The number of rotatable bonds is 2. The number of carbonyl (C=O) groups is 1. The van der Waals surface area contributed by atoms with E-state index in [-0.39, 0.29) is 0 Å². The molecule has 4 heteroatoms. The summed E-state index contributed by atoms with van der Waals surface area (Å²) in [5, 5.41) is 10.4. The molecule has 0 saturated carbocycles. The summed E-state index contributed by atoms with van der Waals surface area (Å²) in [6.45, 7) is 0.766. The molecule has 98 valence electrons. The zero-order valence-electron chi connectivity index (χ0n) is 10.6. The molecule has 0 spiro atoms. The van der Waals surface area contributed by atoms with Gasteiger partial charge in [0, 0.05) is 11.9 Å². The molecule has 2 heterocycles. The van der Waals surface area contributed by atoms with Gasteiger partial charge in [-0.25, -0.2) is 9.78 Å². The fourth-order valence-corrected chi connectivity index (χ4v) is 2.68. The molecule has 1 unspecified atom stereocenters. The van der Waals surface area contributed by atoms with Gasteiger partial charge in [-0.2, -0.15) is 0 Å². The zero-order valence-corrected chi connectivity index (χ0v) is 10.6. The Morgan fingerprint density at radius 2 is 2.05 bits per heavy atom. The molecule has 2 aromatic rings. The number of para-hydroxylation sites is 1. The third-order valence-corrected chi connectivity index (χ3v) is 3.67. The lowest BCUT2D eigenvalue weighted by atomic mass is 10.0. The highest BCUT2D eigenvalue weighted by Crippen LogP contribution is 2.25. The Balaban J connectivity index is 1.99. The number of aromatic nitrogens is 1. The summed E-state index contributed by atoms with van der Waals surface area (Å²) in [6.07, 6.45) is 2.70. The fourth-order valence-electron chi connectivity index (χ4n) is 2.68. The van der Waals surface area contributed by atoms with Crippen LogP contribution in [-0.2, 0) is 4.79 Å². The Morgan fingerprint density at radius 3 is 2.89 bits per heavy atom. The minimum Gasteiger partial charge on any atom is -0.480 e. The number of carboxylic acids is 1. The molecule has 1 fully saturated rings. The van der Waals surface area contributed by atoms with Crippen molar-refractivity contribution in [2.24, 2.45) is 0 Å². The number of nitrogens with zero attached hydrogens (tertiary/aromatic N) is 2. The minimum atomic E-state index is -0.755. The number of anilines is 1. The smallest absolute Gasteiger partial charge is 0.326 e. The van der Waals surface area contributed by atoms with Gasteiger partial charge in [0.25, 0.3) is 0 Å². The normalized spacial score (nSPS) is 19.6. The minimum absolute atomic E-state index is 0.442. The monoisotopic (exact) mass is 256 g/mol.